The van der Waals surface area contributed by atoms with Crippen LogP contribution in [0.25, 0.3) is 0 Å². The fourth-order valence-electron chi connectivity index (χ4n) is 6.24. The van der Waals surface area contributed by atoms with E-state index >= 15 is 0 Å². The summed E-state index contributed by atoms with van der Waals surface area (Å²) in [5.41, 5.74) is 2.64. The molecule has 3 heterocycles. The molecule has 44 heavy (non-hydrogen) atoms. The highest BCUT2D eigenvalue weighted by Gasteiger charge is 2.51. The first-order chi connectivity index (χ1) is 21.3. The average molecular weight is 597 g/mol. The van der Waals surface area contributed by atoms with Crippen LogP contribution in [0.3, 0.4) is 0 Å². The molecular formula is C32H36N8O4. The minimum Gasteiger partial charge on any atom is -0.508 e. The predicted octanol–water partition coefficient (Wildman–Crippen LogP) is 2.47. The first-order valence-electron chi connectivity index (χ1n) is 14.7. The summed E-state index contributed by atoms with van der Waals surface area (Å²) in [6.45, 7) is 4.78. The lowest BCUT2D eigenvalue weighted by atomic mass is 9.96. The Labute approximate surface area is 256 Å². The van der Waals surface area contributed by atoms with Crippen LogP contribution in [-0.4, -0.2) is 105 Å². The van der Waals surface area contributed by atoms with E-state index in [2.05, 4.69) is 22.2 Å². The average Bonchev–Trinajstić information content (AvgIpc) is 3.39. The minimum atomic E-state index is -0.848. The SMILES string of the molecule is C=CCN1CC(=O)N2C(Cc3ccc(O)cc3)C(=O)N(CC3=CC4N=NN(C)C4C=C3)C[C@@H]2N1C(=O)NCc1ccccc1. The van der Waals surface area contributed by atoms with E-state index in [0.29, 0.717) is 13.1 Å². The van der Waals surface area contributed by atoms with Crippen molar-refractivity contribution in [3.05, 3.63) is 102 Å². The number of benzene rings is 2. The van der Waals surface area contributed by atoms with Gasteiger partial charge < -0.3 is 20.2 Å². The number of urea groups is 1. The second-order valence-corrected chi connectivity index (χ2v) is 11.4. The molecule has 1 aliphatic carbocycles. The Morgan fingerprint density at radius 2 is 1.89 bits per heavy atom. The molecular weight excluding hydrogens is 560 g/mol. The molecule has 12 nitrogen and oxygen atoms in total. The van der Waals surface area contributed by atoms with Gasteiger partial charge >= 0.3 is 6.03 Å². The number of rotatable bonds is 8. The number of piperazine rings is 1. The smallest absolute Gasteiger partial charge is 0.334 e. The fraction of sp³-hybridized carbons (Fsp3) is 0.344. The van der Waals surface area contributed by atoms with Gasteiger partial charge in [-0.3, -0.25) is 14.6 Å². The summed E-state index contributed by atoms with van der Waals surface area (Å²) in [5, 5.41) is 26.4. The molecule has 12 heteroatoms. The number of nitrogens with one attached hydrogen (secondary N) is 1. The molecule has 4 aliphatic rings. The fourth-order valence-corrected chi connectivity index (χ4v) is 6.24. The van der Waals surface area contributed by atoms with E-state index in [1.54, 1.807) is 55.2 Å². The summed E-state index contributed by atoms with van der Waals surface area (Å²) in [4.78, 5) is 45.1. The first kappa shape index (κ1) is 29.1. The van der Waals surface area contributed by atoms with Gasteiger partial charge in [0.15, 0.2) is 0 Å². The summed E-state index contributed by atoms with van der Waals surface area (Å²) >= 11 is 0. The van der Waals surface area contributed by atoms with Gasteiger partial charge in [0.05, 0.1) is 19.1 Å². The number of carbonyl (C=O) groups is 3. The van der Waals surface area contributed by atoms with E-state index < -0.39 is 12.2 Å². The molecule has 3 aliphatic heterocycles. The number of carbonyl (C=O) groups excluding carboxylic acids is 3. The van der Waals surface area contributed by atoms with Crippen LogP contribution in [0.2, 0.25) is 0 Å². The zero-order valence-corrected chi connectivity index (χ0v) is 24.6. The number of likely N-dealkylation sites (N-methyl/N-ethyl adjacent to an activating group) is 1. The van der Waals surface area contributed by atoms with Crippen LogP contribution < -0.4 is 5.32 Å². The lowest BCUT2D eigenvalue weighted by Crippen LogP contribution is -2.76. The number of fused-ring (bicyclic) bond motifs is 2. The molecule has 4 atom stereocenters. The van der Waals surface area contributed by atoms with Crippen LogP contribution in [0.1, 0.15) is 11.1 Å². The van der Waals surface area contributed by atoms with Crippen molar-refractivity contribution in [1.82, 2.24) is 30.1 Å². The third kappa shape index (κ3) is 5.80. The molecule has 0 radical (unpaired) electrons. The topological polar surface area (TPSA) is 124 Å². The van der Waals surface area contributed by atoms with Crippen LogP contribution in [0.5, 0.6) is 5.75 Å². The molecule has 228 valence electrons. The maximum Gasteiger partial charge on any atom is 0.334 e. The van der Waals surface area contributed by atoms with Crippen LogP contribution in [-0.2, 0) is 22.6 Å². The third-order valence-corrected chi connectivity index (χ3v) is 8.40. The van der Waals surface area contributed by atoms with Crippen molar-refractivity contribution >= 4 is 17.8 Å². The molecule has 0 spiro atoms. The summed E-state index contributed by atoms with van der Waals surface area (Å²) in [5.74, 6) is -0.330. The molecule has 2 saturated heterocycles. The summed E-state index contributed by atoms with van der Waals surface area (Å²) in [6.07, 6.45) is 7.19. The Bertz CT molecular complexity index is 1510. The lowest BCUT2D eigenvalue weighted by molar-refractivity contribution is -0.188. The molecule has 0 aromatic heterocycles. The summed E-state index contributed by atoms with van der Waals surface area (Å²) in [6, 6.07) is 14.9. The monoisotopic (exact) mass is 596 g/mol. The highest BCUT2D eigenvalue weighted by Crippen LogP contribution is 2.31. The maximum absolute atomic E-state index is 14.2. The molecule has 6 rings (SSSR count). The Kier molecular flexibility index (Phi) is 8.16. The number of hydrogen-bond acceptors (Lipinski definition) is 8. The number of amides is 4. The van der Waals surface area contributed by atoms with Crippen molar-refractivity contribution in [1.29, 1.82) is 0 Å². The number of hydrogen-bond donors (Lipinski definition) is 2. The highest BCUT2D eigenvalue weighted by atomic mass is 16.3. The standard InChI is InChI=1S/C32H36N8O4/c1-3-15-38-21-30(42)39-28(17-22-9-12-25(41)13-10-22)31(43)37(19-24-11-14-27-26(16-24)34-35-36(27)2)20-29(39)40(38)32(44)33-18-23-7-5-4-6-8-23/h3-14,16,26-29,41H,1,15,17-21H2,2H3,(H,33,44)/t26?,27?,28?,29-/m0/s1. The van der Waals surface area contributed by atoms with Gasteiger partial charge in [0, 0.05) is 33.1 Å². The maximum atomic E-state index is 14.2. The lowest BCUT2D eigenvalue weighted by Gasteiger charge is -2.55. The van der Waals surface area contributed by atoms with Gasteiger partial charge in [-0.1, -0.05) is 72.0 Å². The van der Waals surface area contributed by atoms with Crippen LogP contribution in [0.15, 0.2) is 101 Å². The molecule has 0 saturated carbocycles. The second kappa shape index (κ2) is 12.3. The zero-order chi connectivity index (χ0) is 30.8. The molecule has 3 unspecified atom stereocenters. The largest absolute Gasteiger partial charge is 0.508 e. The van der Waals surface area contributed by atoms with Crippen molar-refractivity contribution in [2.24, 2.45) is 10.3 Å². The van der Waals surface area contributed by atoms with Crippen LogP contribution in [0.4, 0.5) is 4.79 Å². The first-order valence-corrected chi connectivity index (χ1v) is 14.7. The van der Waals surface area contributed by atoms with Crippen molar-refractivity contribution < 1.29 is 19.5 Å². The van der Waals surface area contributed by atoms with E-state index in [0.717, 1.165) is 16.7 Å². The summed E-state index contributed by atoms with van der Waals surface area (Å²) < 4.78 is 0. The number of hydrazine groups is 1. The summed E-state index contributed by atoms with van der Waals surface area (Å²) in [7, 11) is 1.88. The molecule has 2 fully saturated rings. The van der Waals surface area contributed by atoms with Gasteiger partial charge in [0.1, 0.15) is 24.0 Å². The van der Waals surface area contributed by atoms with Crippen molar-refractivity contribution in [2.75, 3.05) is 33.2 Å². The molecule has 2 aromatic carbocycles. The van der Waals surface area contributed by atoms with E-state index in [4.69, 9.17) is 0 Å². The van der Waals surface area contributed by atoms with Gasteiger partial charge in [-0.25, -0.2) is 14.8 Å². The Balaban J connectivity index is 1.32. The van der Waals surface area contributed by atoms with Crippen molar-refractivity contribution in [3.63, 3.8) is 0 Å². The van der Waals surface area contributed by atoms with Gasteiger partial charge in [0.2, 0.25) is 11.8 Å². The Morgan fingerprint density at radius 1 is 1.11 bits per heavy atom. The highest BCUT2D eigenvalue weighted by molar-refractivity contribution is 5.92. The number of phenolic OH excluding ortho intramolecular Hbond substituents is 1. The molecule has 2 N–H and O–H groups in total. The molecule has 2 aromatic rings. The third-order valence-electron chi connectivity index (χ3n) is 8.40. The van der Waals surface area contributed by atoms with Gasteiger partial charge in [-0.2, -0.15) is 5.11 Å². The van der Waals surface area contributed by atoms with Gasteiger partial charge in [0.25, 0.3) is 0 Å². The van der Waals surface area contributed by atoms with E-state index in [9.17, 15) is 19.5 Å². The number of phenols is 1. The van der Waals surface area contributed by atoms with Crippen LogP contribution in [0, 0.1) is 0 Å². The second-order valence-electron chi connectivity index (χ2n) is 11.4. The number of aromatic hydroxyl groups is 1. The Morgan fingerprint density at radius 3 is 2.64 bits per heavy atom. The van der Waals surface area contributed by atoms with Gasteiger partial charge in [-0.15, -0.1) is 6.58 Å². The van der Waals surface area contributed by atoms with Crippen molar-refractivity contribution in [2.45, 2.75) is 37.3 Å². The normalized spacial score (nSPS) is 24.7. The van der Waals surface area contributed by atoms with Crippen LogP contribution >= 0.6 is 0 Å². The van der Waals surface area contributed by atoms with E-state index in [1.165, 1.54) is 0 Å². The number of nitrogens with zero attached hydrogens (tertiary/aromatic N) is 7. The predicted molar refractivity (Wildman–Crippen MR) is 163 cm³/mol. The van der Waals surface area contributed by atoms with E-state index in [1.807, 2.05) is 55.6 Å². The Hall–Kier alpha value is -4.97. The molecule has 4 amide bonds. The van der Waals surface area contributed by atoms with E-state index in [-0.39, 0.29) is 61.7 Å². The van der Waals surface area contributed by atoms with Crippen molar-refractivity contribution in [3.8, 4) is 5.75 Å². The molecule has 0 bridgehead atoms. The van der Waals surface area contributed by atoms with Gasteiger partial charge in [-0.05, 0) is 28.8 Å². The minimum absolute atomic E-state index is 0.0424. The quantitative estimate of drug-likeness (QED) is 0.452. The zero-order valence-electron chi connectivity index (χ0n) is 24.6.